The van der Waals surface area contributed by atoms with E-state index in [4.69, 9.17) is 4.74 Å². The number of halogens is 1. The van der Waals surface area contributed by atoms with Crippen LogP contribution in [0.5, 0.6) is 0 Å². The van der Waals surface area contributed by atoms with E-state index >= 15 is 0 Å². The quantitative estimate of drug-likeness (QED) is 0.666. The number of imidazole rings is 1. The summed E-state index contributed by atoms with van der Waals surface area (Å²) in [4.78, 5) is 25.8. The Kier molecular flexibility index (Phi) is 5.08. The lowest BCUT2D eigenvalue weighted by molar-refractivity contribution is 0.0704. The topological polar surface area (TPSA) is 63.5 Å². The van der Waals surface area contributed by atoms with Crippen LogP contribution >= 0.6 is 0 Å². The molecule has 2 saturated heterocycles. The average Bonchev–Trinajstić information content (AvgIpc) is 3.23. The predicted molar refractivity (Wildman–Crippen MR) is 111 cm³/mol. The van der Waals surface area contributed by atoms with Crippen molar-refractivity contribution in [1.82, 2.24) is 19.4 Å². The molecule has 1 amide bonds. The van der Waals surface area contributed by atoms with Crippen LogP contribution in [-0.2, 0) is 4.74 Å². The van der Waals surface area contributed by atoms with E-state index in [9.17, 15) is 9.18 Å². The van der Waals surface area contributed by atoms with Crippen LogP contribution in [-0.4, -0.2) is 64.7 Å². The third-order valence-electron chi connectivity index (χ3n) is 6.00. The van der Waals surface area contributed by atoms with Crippen molar-refractivity contribution < 1.29 is 13.9 Å². The van der Waals surface area contributed by atoms with E-state index in [2.05, 4.69) is 14.5 Å². The highest BCUT2D eigenvalue weighted by Gasteiger charge is 2.25. The maximum absolute atomic E-state index is 14.0. The standard InChI is InChI=1S/C22H24FN5O2/c23-18-3-1-2-4-20(18)26-7-9-27(10-8-26)22(29)16-13-19-21(24-14-16)28(15-25-19)17-5-11-30-12-6-17/h1-4,13-15,17H,5-12H2. The molecule has 0 spiro atoms. The van der Waals surface area contributed by atoms with Crippen molar-refractivity contribution in [3.05, 3.63) is 54.2 Å². The summed E-state index contributed by atoms with van der Waals surface area (Å²) in [6.45, 7) is 3.78. The van der Waals surface area contributed by atoms with Gasteiger partial charge in [-0.2, -0.15) is 0 Å². The van der Waals surface area contributed by atoms with Crippen molar-refractivity contribution in [3.63, 3.8) is 0 Å². The average molecular weight is 409 g/mol. The fraction of sp³-hybridized carbons (Fsp3) is 0.409. The maximum Gasteiger partial charge on any atom is 0.255 e. The normalized spacial score (nSPS) is 18.2. The summed E-state index contributed by atoms with van der Waals surface area (Å²) in [7, 11) is 0. The molecule has 1 aromatic carbocycles. The van der Waals surface area contributed by atoms with Crippen LogP contribution in [0.15, 0.2) is 42.9 Å². The van der Waals surface area contributed by atoms with Gasteiger partial charge in [-0.1, -0.05) is 12.1 Å². The van der Waals surface area contributed by atoms with Gasteiger partial charge in [-0.25, -0.2) is 14.4 Å². The molecule has 3 aromatic rings. The van der Waals surface area contributed by atoms with Crippen LogP contribution in [0.2, 0.25) is 0 Å². The van der Waals surface area contributed by atoms with Gasteiger partial charge in [-0.3, -0.25) is 4.79 Å². The maximum atomic E-state index is 14.0. The van der Waals surface area contributed by atoms with Gasteiger partial charge in [-0.05, 0) is 31.0 Å². The number of rotatable bonds is 3. The van der Waals surface area contributed by atoms with Gasteiger partial charge in [-0.15, -0.1) is 0 Å². The van der Waals surface area contributed by atoms with Crippen LogP contribution in [0, 0.1) is 5.82 Å². The number of hydrogen-bond acceptors (Lipinski definition) is 5. The molecule has 0 unspecified atom stereocenters. The zero-order valence-corrected chi connectivity index (χ0v) is 16.7. The largest absolute Gasteiger partial charge is 0.381 e. The van der Waals surface area contributed by atoms with E-state index in [0.717, 1.165) is 37.2 Å². The van der Waals surface area contributed by atoms with Gasteiger partial charge in [0, 0.05) is 51.6 Å². The van der Waals surface area contributed by atoms with Crippen molar-refractivity contribution in [1.29, 1.82) is 0 Å². The number of carbonyl (C=O) groups excluding carboxylic acids is 1. The second-order valence-corrected chi connectivity index (χ2v) is 7.79. The molecular weight excluding hydrogens is 385 g/mol. The van der Waals surface area contributed by atoms with E-state index in [1.807, 2.05) is 23.4 Å². The Labute approximate surface area is 174 Å². The number of fused-ring (bicyclic) bond motifs is 1. The first-order valence-electron chi connectivity index (χ1n) is 10.4. The molecule has 156 valence electrons. The van der Waals surface area contributed by atoms with Gasteiger partial charge in [0.05, 0.1) is 17.6 Å². The van der Waals surface area contributed by atoms with Crippen LogP contribution in [0.25, 0.3) is 11.2 Å². The molecule has 0 N–H and O–H groups in total. The summed E-state index contributed by atoms with van der Waals surface area (Å²) < 4.78 is 21.6. The lowest BCUT2D eigenvalue weighted by Crippen LogP contribution is -2.49. The molecule has 5 rings (SSSR count). The lowest BCUT2D eigenvalue weighted by Gasteiger charge is -2.36. The van der Waals surface area contributed by atoms with Crippen molar-refractivity contribution in [3.8, 4) is 0 Å². The van der Waals surface area contributed by atoms with E-state index in [0.29, 0.717) is 43.5 Å². The van der Waals surface area contributed by atoms with Crippen molar-refractivity contribution in [2.45, 2.75) is 18.9 Å². The van der Waals surface area contributed by atoms with Crippen molar-refractivity contribution in [2.24, 2.45) is 0 Å². The number of benzene rings is 1. The molecule has 0 atom stereocenters. The molecule has 4 heterocycles. The van der Waals surface area contributed by atoms with Gasteiger partial charge in [0.25, 0.3) is 5.91 Å². The molecule has 30 heavy (non-hydrogen) atoms. The number of ether oxygens (including phenoxy) is 1. The molecular formula is C22H24FN5O2. The first-order valence-corrected chi connectivity index (χ1v) is 10.4. The summed E-state index contributed by atoms with van der Waals surface area (Å²) in [6.07, 6.45) is 5.35. The molecule has 0 saturated carbocycles. The molecule has 2 aliphatic heterocycles. The fourth-order valence-corrected chi connectivity index (χ4v) is 4.31. The minimum atomic E-state index is -0.230. The number of para-hydroxylation sites is 1. The molecule has 7 nitrogen and oxygen atoms in total. The second-order valence-electron chi connectivity index (χ2n) is 7.79. The number of hydrogen-bond donors (Lipinski definition) is 0. The Balaban J connectivity index is 1.29. The number of piperazine rings is 1. The number of aromatic nitrogens is 3. The first-order chi connectivity index (χ1) is 14.7. The summed E-state index contributed by atoms with van der Waals surface area (Å²) in [5.41, 5.74) is 2.67. The van der Waals surface area contributed by atoms with Gasteiger partial charge in [0.15, 0.2) is 5.65 Å². The van der Waals surface area contributed by atoms with E-state index in [1.54, 1.807) is 23.2 Å². The number of anilines is 1. The van der Waals surface area contributed by atoms with Crippen LogP contribution < -0.4 is 4.90 Å². The molecule has 2 aliphatic rings. The zero-order chi connectivity index (χ0) is 20.5. The van der Waals surface area contributed by atoms with Crippen molar-refractivity contribution >= 4 is 22.8 Å². The van der Waals surface area contributed by atoms with Crippen LogP contribution in [0.3, 0.4) is 0 Å². The summed E-state index contributed by atoms with van der Waals surface area (Å²) >= 11 is 0. The van der Waals surface area contributed by atoms with Gasteiger partial charge in [0.2, 0.25) is 0 Å². The highest BCUT2D eigenvalue weighted by Crippen LogP contribution is 2.25. The Morgan fingerprint density at radius 3 is 2.60 bits per heavy atom. The van der Waals surface area contributed by atoms with E-state index in [-0.39, 0.29) is 11.7 Å². The van der Waals surface area contributed by atoms with Gasteiger partial charge in [0.1, 0.15) is 11.3 Å². The molecule has 8 heteroatoms. The SMILES string of the molecule is O=C(c1cnc2c(c1)ncn2C1CCOCC1)N1CCN(c2ccccc2F)CC1. The molecule has 0 radical (unpaired) electrons. The molecule has 2 fully saturated rings. The minimum absolute atomic E-state index is 0.0572. The monoisotopic (exact) mass is 409 g/mol. The predicted octanol–water partition coefficient (Wildman–Crippen LogP) is 2.88. The number of carbonyl (C=O) groups is 1. The Morgan fingerprint density at radius 1 is 1.07 bits per heavy atom. The number of nitrogens with zero attached hydrogens (tertiary/aromatic N) is 5. The highest BCUT2D eigenvalue weighted by atomic mass is 19.1. The second kappa shape index (κ2) is 8.02. The summed E-state index contributed by atoms with van der Waals surface area (Å²) in [5.74, 6) is -0.287. The Morgan fingerprint density at radius 2 is 1.83 bits per heavy atom. The molecule has 0 aliphatic carbocycles. The van der Waals surface area contributed by atoms with E-state index < -0.39 is 0 Å². The van der Waals surface area contributed by atoms with Gasteiger partial charge < -0.3 is 19.1 Å². The Hall–Kier alpha value is -3.00. The van der Waals surface area contributed by atoms with Gasteiger partial charge >= 0.3 is 0 Å². The molecule has 2 aromatic heterocycles. The number of amides is 1. The summed E-state index contributed by atoms with van der Waals surface area (Å²) in [6, 6.07) is 8.92. The van der Waals surface area contributed by atoms with Crippen LogP contribution in [0.4, 0.5) is 10.1 Å². The fourth-order valence-electron chi connectivity index (χ4n) is 4.31. The van der Waals surface area contributed by atoms with Crippen LogP contribution in [0.1, 0.15) is 29.2 Å². The van der Waals surface area contributed by atoms with Crippen molar-refractivity contribution in [2.75, 3.05) is 44.3 Å². The number of pyridine rings is 1. The van der Waals surface area contributed by atoms with E-state index in [1.165, 1.54) is 6.07 Å². The summed E-state index contributed by atoms with van der Waals surface area (Å²) in [5, 5.41) is 0. The lowest BCUT2D eigenvalue weighted by atomic mass is 10.1. The molecule has 0 bridgehead atoms. The first kappa shape index (κ1) is 19.0. The third-order valence-corrected chi connectivity index (χ3v) is 6.00. The Bertz CT molecular complexity index is 1050. The smallest absolute Gasteiger partial charge is 0.255 e. The minimum Gasteiger partial charge on any atom is -0.381 e. The third kappa shape index (κ3) is 3.52. The highest BCUT2D eigenvalue weighted by molar-refractivity contribution is 5.96. The zero-order valence-electron chi connectivity index (χ0n) is 16.7.